The van der Waals surface area contributed by atoms with Crippen molar-refractivity contribution in [2.75, 3.05) is 11.9 Å². The van der Waals surface area contributed by atoms with Crippen molar-refractivity contribution >= 4 is 39.9 Å². The van der Waals surface area contributed by atoms with Crippen molar-refractivity contribution in [1.82, 2.24) is 9.88 Å². The summed E-state index contributed by atoms with van der Waals surface area (Å²) in [5, 5.41) is 3.90. The molecule has 2 aromatic heterocycles. The highest BCUT2D eigenvalue weighted by Crippen LogP contribution is 2.30. The standard InChI is InChI=1S/C21H20ClN3O4S/c1-21(2,29-15-5-3-14(22)4-6-15)19(27)25-9-7-16-17(11-25)30-20(23-16)24-18(26)13-8-10-28-12-13/h3-6,8,10,12H,7,9,11H2,1-2H3,(H,23,24,26). The summed E-state index contributed by atoms with van der Waals surface area (Å²) in [6.07, 6.45) is 3.45. The van der Waals surface area contributed by atoms with Crippen molar-refractivity contribution < 1.29 is 18.7 Å². The highest BCUT2D eigenvalue weighted by molar-refractivity contribution is 7.15. The number of nitrogens with one attached hydrogen (secondary N) is 1. The largest absolute Gasteiger partial charge is 0.478 e. The number of anilines is 1. The number of hydrogen-bond donors (Lipinski definition) is 1. The fourth-order valence-corrected chi connectivity index (χ4v) is 4.35. The minimum atomic E-state index is -1.03. The van der Waals surface area contributed by atoms with Gasteiger partial charge in [0, 0.05) is 22.9 Å². The maximum absolute atomic E-state index is 13.1. The molecule has 0 radical (unpaired) electrons. The van der Waals surface area contributed by atoms with E-state index in [1.165, 1.54) is 23.9 Å². The molecule has 0 unspecified atom stereocenters. The Kier molecular flexibility index (Phi) is 5.53. The average molecular weight is 446 g/mol. The Bertz CT molecular complexity index is 1060. The van der Waals surface area contributed by atoms with Crippen LogP contribution in [-0.2, 0) is 17.8 Å². The number of nitrogens with zero attached hydrogens (tertiary/aromatic N) is 2. The number of halogens is 1. The second-order valence-electron chi connectivity index (χ2n) is 7.40. The predicted molar refractivity (Wildman–Crippen MR) is 114 cm³/mol. The van der Waals surface area contributed by atoms with E-state index < -0.39 is 5.60 Å². The maximum atomic E-state index is 13.1. The van der Waals surface area contributed by atoms with Crippen LogP contribution in [0.1, 0.15) is 34.8 Å². The molecule has 1 aliphatic rings. The number of thiazole rings is 1. The molecule has 7 nitrogen and oxygen atoms in total. The molecule has 2 amide bonds. The van der Waals surface area contributed by atoms with Crippen molar-refractivity contribution in [3.8, 4) is 5.75 Å². The maximum Gasteiger partial charge on any atom is 0.266 e. The van der Waals surface area contributed by atoms with E-state index in [1.807, 2.05) is 0 Å². The Hall–Kier alpha value is -2.84. The van der Waals surface area contributed by atoms with Crippen LogP contribution < -0.4 is 10.1 Å². The normalized spacial score (nSPS) is 13.6. The van der Waals surface area contributed by atoms with Crippen molar-refractivity contribution in [3.63, 3.8) is 0 Å². The SMILES string of the molecule is CC(C)(Oc1ccc(Cl)cc1)C(=O)N1CCc2nc(NC(=O)c3ccoc3)sc2C1. The molecule has 0 fully saturated rings. The number of amides is 2. The molecule has 0 saturated heterocycles. The van der Waals surface area contributed by atoms with E-state index in [0.29, 0.717) is 41.0 Å². The molecule has 0 bridgehead atoms. The first-order valence-electron chi connectivity index (χ1n) is 9.38. The lowest BCUT2D eigenvalue weighted by atomic mass is 10.1. The van der Waals surface area contributed by atoms with Gasteiger partial charge >= 0.3 is 0 Å². The van der Waals surface area contributed by atoms with Gasteiger partial charge in [-0.15, -0.1) is 0 Å². The van der Waals surface area contributed by atoms with Crippen LogP contribution in [0.25, 0.3) is 0 Å². The number of carbonyl (C=O) groups excluding carboxylic acids is 2. The third kappa shape index (κ3) is 4.34. The molecule has 30 heavy (non-hydrogen) atoms. The third-order valence-electron chi connectivity index (χ3n) is 4.72. The van der Waals surface area contributed by atoms with E-state index in [1.54, 1.807) is 49.1 Å². The van der Waals surface area contributed by atoms with E-state index in [9.17, 15) is 9.59 Å². The van der Waals surface area contributed by atoms with Crippen LogP contribution in [0, 0.1) is 0 Å². The molecule has 0 spiro atoms. The number of aromatic nitrogens is 1. The Balaban J connectivity index is 1.43. The summed E-state index contributed by atoms with van der Waals surface area (Å²) in [4.78, 5) is 32.5. The van der Waals surface area contributed by atoms with Gasteiger partial charge in [0.15, 0.2) is 10.7 Å². The molecule has 3 aromatic rings. The van der Waals surface area contributed by atoms with Gasteiger partial charge in [-0.05, 0) is 44.2 Å². The second kappa shape index (κ2) is 8.12. The predicted octanol–water partition coefficient (Wildman–Crippen LogP) is 4.38. The summed E-state index contributed by atoms with van der Waals surface area (Å²) in [6, 6.07) is 8.52. The summed E-state index contributed by atoms with van der Waals surface area (Å²) in [5.74, 6) is 0.193. The van der Waals surface area contributed by atoms with Gasteiger partial charge in [0.05, 0.1) is 24.1 Å². The first-order valence-corrected chi connectivity index (χ1v) is 10.6. The lowest BCUT2D eigenvalue weighted by molar-refractivity contribution is -0.146. The van der Waals surface area contributed by atoms with Crippen molar-refractivity contribution in [3.05, 3.63) is 64.0 Å². The van der Waals surface area contributed by atoms with Gasteiger partial charge in [-0.1, -0.05) is 22.9 Å². The molecule has 1 aromatic carbocycles. The van der Waals surface area contributed by atoms with Crippen molar-refractivity contribution in [2.45, 2.75) is 32.4 Å². The summed E-state index contributed by atoms with van der Waals surface area (Å²) in [5.41, 5.74) is 0.304. The quantitative estimate of drug-likeness (QED) is 0.629. The molecule has 0 saturated carbocycles. The average Bonchev–Trinajstić information content (AvgIpc) is 3.37. The van der Waals surface area contributed by atoms with E-state index >= 15 is 0 Å². The first-order chi connectivity index (χ1) is 14.3. The number of furan rings is 1. The van der Waals surface area contributed by atoms with Crippen molar-refractivity contribution in [2.24, 2.45) is 0 Å². The Morgan fingerprint density at radius 1 is 1.27 bits per heavy atom. The topological polar surface area (TPSA) is 84.7 Å². The summed E-state index contributed by atoms with van der Waals surface area (Å²) in [6.45, 7) is 4.48. The Labute approximate surface area is 182 Å². The number of hydrogen-bond acceptors (Lipinski definition) is 6. The van der Waals surface area contributed by atoms with Crippen LogP contribution in [0.15, 0.2) is 47.3 Å². The van der Waals surface area contributed by atoms with Crippen molar-refractivity contribution in [1.29, 1.82) is 0 Å². The molecule has 3 heterocycles. The minimum Gasteiger partial charge on any atom is -0.478 e. The van der Waals surface area contributed by atoms with Crippen LogP contribution in [0.5, 0.6) is 5.75 Å². The summed E-state index contributed by atoms with van der Waals surface area (Å²) in [7, 11) is 0. The van der Waals surface area contributed by atoms with Crippen LogP contribution in [0.3, 0.4) is 0 Å². The van der Waals surface area contributed by atoms with Gasteiger partial charge in [-0.2, -0.15) is 0 Å². The van der Waals surface area contributed by atoms with E-state index in [0.717, 1.165) is 10.6 Å². The number of ether oxygens (including phenoxy) is 1. The van der Waals surface area contributed by atoms with Gasteiger partial charge in [0.25, 0.3) is 11.8 Å². The summed E-state index contributed by atoms with van der Waals surface area (Å²) >= 11 is 7.29. The van der Waals surface area contributed by atoms with Gasteiger partial charge in [0.2, 0.25) is 0 Å². The van der Waals surface area contributed by atoms with Crippen LogP contribution in [0.4, 0.5) is 5.13 Å². The molecule has 1 N–H and O–H groups in total. The van der Waals surface area contributed by atoms with Gasteiger partial charge in [0.1, 0.15) is 12.0 Å². The first kappa shape index (κ1) is 20.4. The number of benzene rings is 1. The fraction of sp³-hybridized carbons (Fsp3) is 0.286. The van der Waals surface area contributed by atoms with Crippen LogP contribution >= 0.6 is 22.9 Å². The van der Waals surface area contributed by atoms with Gasteiger partial charge in [-0.25, -0.2) is 4.98 Å². The zero-order valence-corrected chi connectivity index (χ0v) is 18.0. The third-order valence-corrected chi connectivity index (χ3v) is 5.97. The molecule has 4 rings (SSSR count). The molecule has 9 heteroatoms. The van der Waals surface area contributed by atoms with E-state index in [-0.39, 0.29) is 11.8 Å². The summed E-state index contributed by atoms with van der Waals surface area (Å²) < 4.78 is 10.9. The molecular formula is C21H20ClN3O4S. The second-order valence-corrected chi connectivity index (χ2v) is 8.92. The zero-order valence-electron chi connectivity index (χ0n) is 16.5. The molecule has 156 valence electrons. The molecule has 0 atom stereocenters. The highest BCUT2D eigenvalue weighted by Gasteiger charge is 2.36. The monoisotopic (exact) mass is 445 g/mol. The van der Waals surface area contributed by atoms with Gasteiger partial charge in [-0.3, -0.25) is 14.9 Å². The lowest BCUT2D eigenvalue weighted by Crippen LogP contribution is -2.50. The molecule has 1 aliphatic heterocycles. The number of rotatable bonds is 5. The number of carbonyl (C=O) groups is 2. The van der Waals surface area contributed by atoms with E-state index in [4.69, 9.17) is 20.8 Å². The van der Waals surface area contributed by atoms with Crippen LogP contribution in [-0.4, -0.2) is 33.8 Å². The Morgan fingerprint density at radius 2 is 2.03 bits per heavy atom. The minimum absolute atomic E-state index is 0.111. The smallest absolute Gasteiger partial charge is 0.266 e. The molecule has 0 aliphatic carbocycles. The Morgan fingerprint density at radius 3 is 2.73 bits per heavy atom. The number of fused-ring (bicyclic) bond motifs is 1. The molecular weight excluding hydrogens is 426 g/mol. The zero-order chi connectivity index (χ0) is 21.3. The fourth-order valence-electron chi connectivity index (χ4n) is 3.21. The lowest BCUT2D eigenvalue weighted by Gasteiger charge is -2.34. The highest BCUT2D eigenvalue weighted by atomic mass is 35.5. The van der Waals surface area contributed by atoms with Gasteiger partial charge < -0.3 is 14.1 Å². The van der Waals surface area contributed by atoms with E-state index in [2.05, 4.69) is 10.3 Å². The van der Waals surface area contributed by atoms with Crippen LogP contribution in [0.2, 0.25) is 5.02 Å².